The number of hydrogen-bond acceptors (Lipinski definition) is 7. The van der Waals surface area contributed by atoms with Gasteiger partial charge in [0.15, 0.2) is 5.43 Å². The summed E-state index contributed by atoms with van der Waals surface area (Å²) >= 11 is 0. The third-order valence-electron chi connectivity index (χ3n) is 7.67. The molecule has 1 fully saturated rings. The van der Waals surface area contributed by atoms with E-state index < -0.39 is 11.3 Å². The van der Waals surface area contributed by atoms with E-state index in [0.29, 0.717) is 24.4 Å². The van der Waals surface area contributed by atoms with Crippen molar-refractivity contribution in [3.05, 3.63) is 100 Å². The van der Waals surface area contributed by atoms with Gasteiger partial charge in [0, 0.05) is 73.4 Å². The van der Waals surface area contributed by atoms with Gasteiger partial charge < -0.3 is 24.4 Å². The van der Waals surface area contributed by atoms with Crippen LogP contribution in [0.1, 0.15) is 23.5 Å². The molecule has 0 aliphatic carbocycles. The summed E-state index contributed by atoms with van der Waals surface area (Å²) in [6, 6.07) is 21.1. The maximum Gasteiger partial charge on any atom is 0.223 e. The van der Waals surface area contributed by atoms with Gasteiger partial charge >= 0.3 is 0 Å². The normalized spacial score (nSPS) is 15.0. The maximum absolute atomic E-state index is 13.7. The van der Waals surface area contributed by atoms with Crippen LogP contribution in [-0.2, 0) is 4.79 Å². The quantitative estimate of drug-likeness (QED) is 0.336. The summed E-state index contributed by atoms with van der Waals surface area (Å²) in [5.41, 5.74) is 2.15. The molecule has 8 nitrogen and oxygen atoms in total. The Morgan fingerprint density at radius 1 is 0.950 bits per heavy atom. The molecule has 1 atom stereocenters. The maximum atomic E-state index is 13.7. The molecule has 2 aromatic heterocycles. The Labute approximate surface area is 230 Å². The lowest BCUT2D eigenvalue weighted by Crippen LogP contribution is -2.47. The molecule has 0 saturated carbocycles. The monoisotopic (exact) mass is 535 g/mol. The van der Waals surface area contributed by atoms with Crippen LogP contribution in [0, 0.1) is 0 Å². The first-order chi connectivity index (χ1) is 19.4. The predicted octanol–water partition coefficient (Wildman–Crippen LogP) is 4.72. The smallest absolute Gasteiger partial charge is 0.223 e. The number of piperazine rings is 1. The molecule has 0 unspecified atom stereocenters. The van der Waals surface area contributed by atoms with E-state index in [9.17, 15) is 19.8 Å². The number of likely N-dealkylation sites (N-methyl/N-ethyl adjacent to an activating group) is 1. The van der Waals surface area contributed by atoms with Crippen molar-refractivity contribution < 1.29 is 19.4 Å². The molecule has 2 N–H and O–H groups in total. The minimum absolute atomic E-state index is 0.0352. The number of hydrogen-bond donors (Lipinski definition) is 2. The Morgan fingerprint density at radius 2 is 1.73 bits per heavy atom. The van der Waals surface area contributed by atoms with E-state index in [1.807, 2.05) is 72.6 Å². The van der Waals surface area contributed by atoms with Crippen molar-refractivity contribution in [3.63, 3.8) is 0 Å². The Morgan fingerprint density at radius 3 is 2.50 bits per heavy atom. The molecule has 1 saturated heterocycles. The lowest BCUT2D eigenvalue weighted by atomic mass is 9.85. The Kier molecular flexibility index (Phi) is 6.69. The molecular formula is C32H29N3O5. The molecule has 1 aliphatic heterocycles. The number of aromatic nitrogens is 1. The van der Waals surface area contributed by atoms with Crippen molar-refractivity contribution in [2.75, 3.05) is 33.2 Å². The van der Waals surface area contributed by atoms with Gasteiger partial charge in [-0.3, -0.25) is 14.6 Å². The van der Waals surface area contributed by atoms with Crippen molar-refractivity contribution in [3.8, 4) is 22.8 Å². The SMILES string of the molecule is CN1CCN(C(=O)C[C@H](c2ccc3ncccc3c2)c2c(O)cc(O)c3c(=O)cc(-c4ccccc4)oc23)CC1. The summed E-state index contributed by atoms with van der Waals surface area (Å²) < 4.78 is 6.29. The zero-order valence-electron chi connectivity index (χ0n) is 22.1. The number of aromatic hydroxyl groups is 2. The second-order valence-corrected chi connectivity index (χ2v) is 10.3. The highest BCUT2D eigenvalue weighted by Gasteiger charge is 2.30. The first-order valence-corrected chi connectivity index (χ1v) is 13.3. The van der Waals surface area contributed by atoms with Crippen LogP contribution in [0.3, 0.4) is 0 Å². The third kappa shape index (κ3) is 4.78. The molecule has 5 aromatic rings. The van der Waals surface area contributed by atoms with Crippen LogP contribution in [0.2, 0.25) is 0 Å². The number of benzene rings is 3. The molecule has 1 amide bonds. The molecule has 3 heterocycles. The lowest BCUT2D eigenvalue weighted by Gasteiger charge is -2.33. The number of phenolic OH excluding ortho intramolecular Hbond substituents is 2. The number of nitrogens with zero attached hydrogens (tertiary/aromatic N) is 3. The molecular weight excluding hydrogens is 506 g/mol. The van der Waals surface area contributed by atoms with Gasteiger partial charge in [-0.1, -0.05) is 42.5 Å². The van der Waals surface area contributed by atoms with Crippen LogP contribution < -0.4 is 5.43 Å². The molecule has 0 bridgehead atoms. The summed E-state index contributed by atoms with van der Waals surface area (Å²) in [5, 5.41) is 22.8. The van der Waals surface area contributed by atoms with E-state index >= 15 is 0 Å². The topological polar surface area (TPSA) is 107 Å². The largest absolute Gasteiger partial charge is 0.507 e. The molecule has 202 valence electrons. The number of amides is 1. The standard InChI is InChI=1S/C32H29N3O5/c1-34-12-14-35(15-13-34)29(39)17-23(21-9-10-24-22(16-21)8-5-11-33-24)30-25(36)18-26(37)31-27(38)19-28(40-32(30)31)20-6-3-2-4-7-20/h2-11,16,18-19,23,36-37H,12-15,17H2,1H3/t23-/m1/s1. The van der Waals surface area contributed by atoms with E-state index in [1.165, 1.54) is 6.07 Å². The van der Waals surface area contributed by atoms with Gasteiger partial charge in [0.05, 0.1) is 5.52 Å². The van der Waals surface area contributed by atoms with Gasteiger partial charge in [-0.2, -0.15) is 0 Å². The van der Waals surface area contributed by atoms with Crippen LogP contribution in [0.4, 0.5) is 0 Å². The van der Waals surface area contributed by atoms with E-state index in [-0.39, 0.29) is 40.4 Å². The number of pyridine rings is 1. The Hall–Kier alpha value is -4.69. The van der Waals surface area contributed by atoms with Crippen molar-refractivity contribution in [2.45, 2.75) is 12.3 Å². The zero-order valence-corrected chi connectivity index (χ0v) is 22.1. The van der Waals surface area contributed by atoms with Gasteiger partial charge in [-0.05, 0) is 30.8 Å². The van der Waals surface area contributed by atoms with Gasteiger partial charge in [-0.25, -0.2) is 0 Å². The molecule has 40 heavy (non-hydrogen) atoms. The number of fused-ring (bicyclic) bond motifs is 2. The fraction of sp³-hybridized carbons (Fsp3) is 0.219. The number of carbonyl (C=O) groups is 1. The average Bonchev–Trinajstić information content (AvgIpc) is 2.96. The minimum atomic E-state index is -0.658. The summed E-state index contributed by atoms with van der Waals surface area (Å²) in [5.74, 6) is -1.05. The minimum Gasteiger partial charge on any atom is -0.507 e. The van der Waals surface area contributed by atoms with Crippen molar-refractivity contribution >= 4 is 27.8 Å². The summed E-state index contributed by atoms with van der Waals surface area (Å²) in [6.45, 7) is 2.78. The fourth-order valence-corrected chi connectivity index (χ4v) is 5.46. The zero-order chi connectivity index (χ0) is 27.8. The van der Waals surface area contributed by atoms with Gasteiger partial charge in [0.25, 0.3) is 0 Å². The van der Waals surface area contributed by atoms with E-state index in [1.54, 1.807) is 6.20 Å². The van der Waals surface area contributed by atoms with Crippen molar-refractivity contribution in [2.24, 2.45) is 0 Å². The molecule has 3 aromatic carbocycles. The fourth-order valence-electron chi connectivity index (χ4n) is 5.46. The van der Waals surface area contributed by atoms with E-state index in [0.717, 1.165) is 35.6 Å². The predicted molar refractivity (Wildman–Crippen MR) is 154 cm³/mol. The van der Waals surface area contributed by atoms with Gasteiger partial charge in [0.1, 0.15) is 28.2 Å². The van der Waals surface area contributed by atoms with Gasteiger partial charge in [0.2, 0.25) is 5.91 Å². The number of rotatable bonds is 5. The van der Waals surface area contributed by atoms with Crippen molar-refractivity contribution in [1.29, 1.82) is 0 Å². The van der Waals surface area contributed by atoms with E-state index in [4.69, 9.17) is 4.42 Å². The van der Waals surface area contributed by atoms with Crippen LogP contribution in [-0.4, -0.2) is 64.1 Å². The third-order valence-corrected chi connectivity index (χ3v) is 7.67. The molecule has 1 aliphatic rings. The highest BCUT2D eigenvalue weighted by molar-refractivity contribution is 5.91. The summed E-state index contributed by atoms with van der Waals surface area (Å²) in [4.78, 5) is 35.4. The lowest BCUT2D eigenvalue weighted by molar-refractivity contribution is -0.133. The Bertz CT molecular complexity index is 1780. The summed E-state index contributed by atoms with van der Waals surface area (Å²) in [7, 11) is 2.03. The van der Waals surface area contributed by atoms with Crippen LogP contribution in [0.25, 0.3) is 33.2 Å². The first kappa shape index (κ1) is 25.6. The molecule has 6 rings (SSSR count). The average molecular weight is 536 g/mol. The molecule has 8 heteroatoms. The second kappa shape index (κ2) is 10.5. The van der Waals surface area contributed by atoms with Gasteiger partial charge in [-0.15, -0.1) is 0 Å². The second-order valence-electron chi connectivity index (χ2n) is 10.3. The molecule has 0 radical (unpaired) electrons. The van der Waals surface area contributed by atoms with E-state index in [2.05, 4.69) is 9.88 Å². The highest BCUT2D eigenvalue weighted by atomic mass is 16.3. The highest BCUT2D eigenvalue weighted by Crippen LogP contribution is 2.43. The Balaban J connectivity index is 1.56. The van der Waals surface area contributed by atoms with Crippen molar-refractivity contribution in [1.82, 2.24) is 14.8 Å². The summed E-state index contributed by atoms with van der Waals surface area (Å²) in [6.07, 6.45) is 1.76. The van der Waals surface area contributed by atoms with Crippen LogP contribution in [0.15, 0.2) is 88.2 Å². The van der Waals surface area contributed by atoms with Crippen LogP contribution in [0.5, 0.6) is 11.5 Å². The number of phenols is 2. The number of carbonyl (C=O) groups excluding carboxylic acids is 1. The van der Waals surface area contributed by atoms with Crippen LogP contribution >= 0.6 is 0 Å². The first-order valence-electron chi connectivity index (χ1n) is 13.3. The molecule has 0 spiro atoms.